The molecule has 1 unspecified atom stereocenters. The van der Waals surface area contributed by atoms with Gasteiger partial charge in [-0.1, -0.05) is 6.92 Å². The van der Waals surface area contributed by atoms with Crippen molar-refractivity contribution in [3.8, 4) is 0 Å². The van der Waals surface area contributed by atoms with E-state index in [2.05, 4.69) is 10.3 Å². The lowest BCUT2D eigenvalue weighted by Crippen LogP contribution is -2.38. The number of carbonyl (C=O) groups is 2. The van der Waals surface area contributed by atoms with E-state index in [1.165, 1.54) is 6.20 Å². The predicted molar refractivity (Wildman–Crippen MR) is 70.2 cm³/mol. The van der Waals surface area contributed by atoms with E-state index < -0.39 is 5.97 Å². The largest absolute Gasteiger partial charge is 0.476 e. The zero-order valence-electron chi connectivity index (χ0n) is 10.8. The Labute approximate surface area is 111 Å². The molecule has 1 aliphatic rings. The summed E-state index contributed by atoms with van der Waals surface area (Å²) in [5.41, 5.74) is 0.102. The quantitative estimate of drug-likeness (QED) is 0.875. The summed E-state index contributed by atoms with van der Waals surface area (Å²) >= 11 is 0. The molecule has 1 aromatic heterocycles. The molecule has 6 heteroatoms. The molecule has 1 saturated heterocycles. The van der Waals surface area contributed by atoms with Gasteiger partial charge in [0.2, 0.25) is 0 Å². The molecule has 1 fully saturated rings. The second kappa shape index (κ2) is 5.69. The molecular weight excluding hydrogens is 246 g/mol. The molecule has 102 valence electrons. The number of carboxylic acid groups (broad SMARTS) is 1. The third-order valence-corrected chi connectivity index (χ3v) is 3.36. The van der Waals surface area contributed by atoms with Gasteiger partial charge in [0.1, 0.15) is 0 Å². The Kier molecular flexibility index (Phi) is 3.99. The van der Waals surface area contributed by atoms with E-state index in [4.69, 9.17) is 5.11 Å². The van der Waals surface area contributed by atoms with Crippen LogP contribution in [0, 0.1) is 0 Å². The van der Waals surface area contributed by atoms with E-state index in [1.807, 2.05) is 6.92 Å². The van der Waals surface area contributed by atoms with E-state index >= 15 is 0 Å². The average Bonchev–Trinajstić information content (AvgIpc) is 2.87. The summed E-state index contributed by atoms with van der Waals surface area (Å²) in [7, 11) is 0. The highest BCUT2D eigenvalue weighted by Gasteiger charge is 2.28. The molecule has 0 radical (unpaired) electrons. The highest BCUT2D eigenvalue weighted by atomic mass is 16.4. The molecule has 19 heavy (non-hydrogen) atoms. The number of aromatic nitrogens is 1. The first-order valence-electron chi connectivity index (χ1n) is 6.39. The van der Waals surface area contributed by atoms with Gasteiger partial charge >= 0.3 is 12.0 Å². The van der Waals surface area contributed by atoms with Gasteiger partial charge in [-0.25, -0.2) is 14.6 Å². The molecular formula is C13H17N3O3. The second-order valence-corrected chi connectivity index (χ2v) is 4.53. The number of likely N-dealkylation sites (tertiary alicyclic amines) is 1. The third-order valence-electron chi connectivity index (χ3n) is 3.36. The van der Waals surface area contributed by atoms with E-state index in [9.17, 15) is 9.59 Å². The topological polar surface area (TPSA) is 82.5 Å². The van der Waals surface area contributed by atoms with Gasteiger partial charge in [-0.3, -0.25) is 0 Å². The van der Waals surface area contributed by atoms with Gasteiger partial charge in [0.25, 0.3) is 0 Å². The number of carboxylic acids is 1. The van der Waals surface area contributed by atoms with Crippen molar-refractivity contribution >= 4 is 17.7 Å². The second-order valence-electron chi connectivity index (χ2n) is 4.53. The van der Waals surface area contributed by atoms with Crippen molar-refractivity contribution in [2.45, 2.75) is 32.2 Å². The first-order chi connectivity index (χ1) is 9.13. The van der Waals surface area contributed by atoms with Gasteiger partial charge in [-0.05, 0) is 31.4 Å². The van der Waals surface area contributed by atoms with Gasteiger partial charge in [0.15, 0.2) is 5.69 Å². The van der Waals surface area contributed by atoms with Crippen LogP contribution < -0.4 is 5.32 Å². The first-order valence-corrected chi connectivity index (χ1v) is 6.39. The molecule has 1 aliphatic heterocycles. The van der Waals surface area contributed by atoms with Crippen molar-refractivity contribution in [3.63, 3.8) is 0 Å². The minimum absolute atomic E-state index is 0.136. The minimum atomic E-state index is -1.15. The number of anilines is 1. The van der Waals surface area contributed by atoms with Crippen LogP contribution in [0.2, 0.25) is 0 Å². The van der Waals surface area contributed by atoms with Crippen LogP contribution in [-0.4, -0.2) is 39.6 Å². The third kappa shape index (κ3) is 2.83. The van der Waals surface area contributed by atoms with Crippen LogP contribution in [0.1, 0.15) is 36.7 Å². The zero-order valence-corrected chi connectivity index (χ0v) is 10.8. The van der Waals surface area contributed by atoms with Crippen molar-refractivity contribution in [1.29, 1.82) is 0 Å². The van der Waals surface area contributed by atoms with Gasteiger partial charge in [-0.2, -0.15) is 0 Å². The number of nitrogens with zero attached hydrogens (tertiary/aromatic N) is 2. The van der Waals surface area contributed by atoms with Gasteiger partial charge in [0, 0.05) is 18.8 Å². The maximum atomic E-state index is 12.2. The fourth-order valence-corrected chi connectivity index (χ4v) is 2.39. The number of amides is 2. The maximum absolute atomic E-state index is 12.2. The Morgan fingerprint density at radius 2 is 2.37 bits per heavy atom. The monoisotopic (exact) mass is 263 g/mol. The molecule has 2 heterocycles. The van der Waals surface area contributed by atoms with E-state index in [-0.39, 0.29) is 23.5 Å². The SMILES string of the molecule is CCC1CCCN1C(=O)Nc1cccnc1C(=O)O. The molecule has 0 spiro atoms. The van der Waals surface area contributed by atoms with E-state index in [0.29, 0.717) is 6.54 Å². The van der Waals surface area contributed by atoms with Gasteiger partial charge < -0.3 is 15.3 Å². The highest BCUT2D eigenvalue weighted by molar-refractivity contribution is 5.98. The summed E-state index contributed by atoms with van der Waals surface area (Å²) in [4.78, 5) is 28.7. The lowest BCUT2D eigenvalue weighted by atomic mass is 10.2. The van der Waals surface area contributed by atoms with Crippen LogP contribution in [0.5, 0.6) is 0 Å². The van der Waals surface area contributed by atoms with Crippen LogP contribution in [0.4, 0.5) is 10.5 Å². The molecule has 0 aromatic carbocycles. The van der Waals surface area contributed by atoms with Crippen molar-refractivity contribution in [2.75, 3.05) is 11.9 Å². The molecule has 6 nitrogen and oxygen atoms in total. The van der Waals surface area contributed by atoms with E-state index in [1.54, 1.807) is 17.0 Å². The molecule has 1 aromatic rings. The maximum Gasteiger partial charge on any atom is 0.356 e. The van der Waals surface area contributed by atoms with Gasteiger partial charge in [0.05, 0.1) is 5.69 Å². The van der Waals surface area contributed by atoms with Crippen molar-refractivity contribution in [2.24, 2.45) is 0 Å². The van der Waals surface area contributed by atoms with Crippen LogP contribution in [0.3, 0.4) is 0 Å². The molecule has 0 saturated carbocycles. The molecule has 0 bridgehead atoms. The molecule has 2 rings (SSSR count). The number of rotatable bonds is 3. The summed E-state index contributed by atoms with van der Waals surface area (Å²) in [6, 6.07) is 3.14. The number of carbonyl (C=O) groups excluding carboxylic acids is 1. The summed E-state index contributed by atoms with van der Waals surface area (Å²) in [6.07, 6.45) is 4.30. The molecule has 1 atom stereocenters. The normalized spacial score (nSPS) is 18.4. The first kappa shape index (κ1) is 13.3. The smallest absolute Gasteiger partial charge is 0.356 e. The number of urea groups is 1. The molecule has 0 aliphatic carbocycles. The van der Waals surface area contributed by atoms with Crippen molar-refractivity contribution < 1.29 is 14.7 Å². The lowest BCUT2D eigenvalue weighted by Gasteiger charge is -2.24. The number of hydrogen-bond donors (Lipinski definition) is 2. The average molecular weight is 263 g/mol. The zero-order chi connectivity index (χ0) is 13.8. The Morgan fingerprint density at radius 1 is 1.58 bits per heavy atom. The summed E-state index contributed by atoms with van der Waals surface area (Å²) in [6.45, 7) is 2.76. The van der Waals surface area contributed by atoms with Crippen LogP contribution in [0.25, 0.3) is 0 Å². The Hall–Kier alpha value is -2.11. The number of pyridine rings is 1. The summed E-state index contributed by atoms with van der Waals surface area (Å²) < 4.78 is 0. The van der Waals surface area contributed by atoms with Crippen LogP contribution in [0.15, 0.2) is 18.3 Å². The standard InChI is InChI=1S/C13H17N3O3/c1-2-9-5-4-8-16(9)13(19)15-10-6-3-7-14-11(10)12(17)18/h3,6-7,9H,2,4-5,8H2,1H3,(H,15,19)(H,17,18). The highest BCUT2D eigenvalue weighted by Crippen LogP contribution is 2.21. The Morgan fingerprint density at radius 3 is 3.05 bits per heavy atom. The van der Waals surface area contributed by atoms with Crippen LogP contribution in [-0.2, 0) is 0 Å². The number of aromatic carboxylic acids is 1. The van der Waals surface area contributed by atoms with E-state index in [0.717, 1.165) is 19.3 Å². The summed E-state index contributed by atoms with van der Waals surface area (Å²) in [5.74, 6) is -1.15. The predicted octanol–water partition coefficient (Wildman–Crippen LogP) is 2.19. The number of nitrogens with one attached hydrogen (secondary N) is 1. The van der Waals surface area contributed by atoms with Crippen molar-refractivity contribution in [3.05, 3.63) is 24.0 Å². The molecule has 2 amide bonds. The van der Waals surface area contributed by atoms with Gasteiger partial charge in [-0.15, -0.1) is 0 Å². The fraction of sp³-hybridized carbons (Fsp3) is 0.462. The van der Waals surface area contributed by atoms with Crippen molar-refractivity contribution in [1.82, 2.24) is 9.88 Å². The summed E-state index contributed by atoms with van der Waals surface area (Å²) in [5, 5.41) is 11.7. The Balaban J connectivity index is 2.13. The minimum Gasteiger partial charge on any atom is -0.476 e. The number of hydrogen-bond acceptors (Lipinski definition) is 3. The fourth-order valence-electron chi connectivity index (χ4n) is 2.39. The molecule has 2 N–H and O–H groups in total. The van der Waals surface area contributed by atoms with Crippen LogP contribution >= 0.6 is 0 Å². The lowest BCUT2D eigenvalue weighted by molar-refractivity contribution is 0.0691. The Bertz CT molecular complexity index is 490.